The summed E-state index contributed by atoms with van der Waals surface area (Å²) in [6.07, 6.45) is 1.83. The van der Waals surface area contributed by atoms with Crippen LogP contribution < -0.4 is 5.32 Å². The molecule has 1 N–H and O–H groups in total. The molecule has 2 aromatic rings. The van der Waals surface area contributed by atoms with E-state index in [1.807, 2.05) is 18.2 Å². The van der Waals surface area contributed by atoms with Crippen molar-refractivity contribution in [2.24, 2.45) is 0 Å². The second kappa shape index (κ2) is 7.20. The zero-order chi connectivity index (χ0) is 14.4. The highest BCUT2D eigenvalue weighted by molar-refractivity contribution is 5.21. The molecule has 2 heteroatoms. The van der Waals surface area contributed by atoms with Crippen LogP contribution in [0.2, 0.25) is 0 Å². The summed E-state index contributed by atoms with van der Waals surface area (Å²) in [7, 11) is 0. The predicted octanol–water partition coefficient (Wildman–Crippen LogP) is 4.50. The van der Waals surface area contributed by atoms with Gasteiger partial charge in [-0.25, -0.2) is 4.39 Å². The van der Waals surface area contributed by atoms with Gasteiger partial charge in [-0.05, 0) is 31.4 Å². The van der Waals surface area contributed by atoms with Crippen molar-refractivity contribution in [3.63, 3.8) is 0 Å². The van der Waals surface area contributed by atoms with E-state index in [0.29, 0.717) is 6.04 Å². The highest BCUT2D eigenvalue weighted by atomic mass is 19.1. The predicted molar refractivity (Wildman–Crippen MR) is 82.2 cm³/mol. The average molecular weight is 271 g/mol. The second-order valence-electron chi connectivity index (χ2n) is 5.24. The van der Waals surface area contributed by atoms with Gasteiger partial charge in [0.2, 0.25) is 0 Å². The minimum absolute atomic E-state index is 0.0647. The molecule has 1 nitrogen and oxygen atoms in total. The summed E-state index contributed by atoms with van der Waals surface area (Å²) in [6.45, 7) is 4.23. The van der Waals surface area contributed by atoms with Gasteiger partial charge in [-0.3, -0.25) is 0 Å². The molecule has 0 bridgehead atoms. The Morgan fingerprint density at radius 2 is 1.65 bits per heavy atom. The molecule has 0 aliphatic rings. The Balaban J connectivity index is 2.01. The Morgan fingerprint density at radius 1 is 1.00 bits per heavy atom. The maximum Gasteiger partial charge on any atom is 0.127 e. The zero-order valence-corrected chi connectivity index (χ0v) is 12.1. The van der Waals surface area contributed by atoms with Crippen molar-refractivity contribution in [3.8, 4) is 0 Å². The molecule has 0 fully saturated rings. The van der Waals surface area contributed by atoms with E-state index in [-0.39, 0.29) is 11.9 Å². The molecule has 2 rings (SSSR count). The number of hydrogen-bond acceptors (Lipinski definition) is 1. The fraction of sp³-hybridized carbons (Fsp3) is 0.333. The molecule has 0 aliphatic heterocycles. The van der Waals surface area contributed by atoms with Gasteiger partial charge in [0.15, 0.2) is 0 Å². The van der Waals surface area contributed by atoms with Crippen LogP contribution in [0.4, 0.5) is 4.39 Å². The van der Waals surface area contributed by atoms with Crippen LogP contribution in [0.1, 0.15) is 37.4 Å². The summed E-state index contributed by atoms with van der Waals surface area (Å²) in [6, 6.07) is 17.8. The molecule has 0 heterocycles. The van der Waals surface area contributed by atoms with Gasteiger partial charge in [0.05, 0.1) is 0 Å². The largest absolute Gasteiger partial charge is 0.307 e. The van der Waals surface area contributed by atoms with E-state index in [9.17, 15) is 4.39 Å². The molecule has 0 spiro atoms. The van der Waals surface area contributed by atoms with Crippen molar-refractivity contribution >= 4 is 0 Å². The SMILES string of the molecule is CCC(NC(C)Cc1ccccc1)c1ccccc1F. The van der Waals surface area contributed by atoms with Crippen molar-refractivity contribution in [3.05, 3.63) is 71.5 Å². The van der Waals surface area contributed by atoms with E-state index < -0.39 is 0 Å². The first-order valence-electron chi connectivity index (χ1n) is 7.25. The smallest absolute Gasteiger partial charge is 0.127 e. The number of halogens is 1. The Morgan fingerprint density at radius 3 is 2.30 bits per heavy atom. The molecule has 0 aromatic heterocycles. The van der Waals surface area contributed by atoms with E-state index in [1.54, 1.807) is 6.07 Å². The first-order valence-corrected chi connectivity index (χ1v) is 7.25. The average Bonchev–Trinajstić information content (AvgIpc) is 2.46. The van der Waals surface area contributed by atoms with Gasteiger partial charge in [0.1, 0.15) is 5.82 Å². The molecule has 0 saturated heterocycles. The molecule has 20 heavy (non-hydrogen) atoms. The van der Waals surface area contributed by atoms with Crippen molar-refractivity contribution < 1.29 is 4.39 Å². The summed E-state index contributed by atoms with van der Waals surface area (Å²) < 4.78 is 13.9. The Kier molecular flexibility index (Phi) is 5.31. The molecule has 0 saturated carbocycles. The quantitative estimate of drug-likeness (QED) is 0.815. The highest BCUT2D eigenvalue weighted by Crippen LogP contribution is 2.20. The standard InChI is InChI=1S/C18H22FN/c1-3-18(16-11-7-8-12-17(16)19)20-14(2)13-15-9-5-4-6-10-15/h4-12,14,18,20H,3,13H2,1-2H3. The summed E-state index contributed by atoms with van der Waals surface area (Å²) in [5, 5.41) is 3.53. The second-order valence-corrected chi connectivity index (χ2v) is 5.24. The maximum atomic E-state index is 13.9. The minimum atomic E-state index is -0.126. The third-order valence-electron chi connectivity index (χ3n) is 3.56. The third-order valence-corrected chi connectivity index (χ3v) is 3.56. The molecule has 2 aromatic carbocycles. The van der Waals surface area contributed by atoms with Crippen molar-refractivity contribution in [2.75, 3.05) is 0 Å². The first kappa shape index (κ1) is 14.7. The van der Waals surface area contributed by atoms with Gasteiger partial charge >= 0.3 is 0 Å². The molecule has 2 unspecified atom stereocenters. The lowest BCUT2D eigenvalue weighted by Crippen LogP contribution is -2.32. The number of benzene rings is 2. The number of hydrogen-bond donors (Lipinski definition) is 1. The lowest BCUT2D eigenvalue weighted by atomic mass is 10.0. The summed E-state index contributed by atoms with van der Waals surface area (Å²) in [5.41, 5.74) is 2.06. The Hall–Kier alpha value is -1.67. The zero-order valence-electron chi connectivity index (χ0n) is 12.1. The van der Waals surface area contributed by atoms with Crippen LogP contribution in [0, 0.1) is 5.82 Å². The van der Waals surface area contributed by atoms with Crippen molar-refractivity contribution in [2.45, 2.75) is 38.8 Å². The summed E-state index contributed by atoms with van der Waals surface area (Å²) in [4.78, 5) is 0. The van der Waals surface area contributed by atoms with Gasteiger partial charge in [-0.15, -0.1) is 0 Å². The van der Waals surface area contributed by atoms with Crippen LogP contribution in [0.5, 0.6) is 0 Å². The molecular weight excluding hydrogens is 249 g/mol. The molecule has 0 radical (unpaired) electrons. The van der Waals surface area contributed by atoms with Crippen molar-refractivity contribution in [1.29, 1.82) is 0 Å². The number of nitrogens with one attached hydrogen (secondary N) is 1. The third kappa shape index (κ3) is 3.91. The van der Waals surface area contributed by atoms with E-state index in [4.69, 9.17) is 0 Å². The van der Waals surface area contributed by atoms with Gasteiger partial charge in [-0.1, -0.05) is 55.5 Å². The Bertz CT molecular complexity index is 524. The van der Waals surface area contributed by atoms with E-state index in [2.05, 4.69) is 43.4 Å². The lowest BCUT2D eigenvalue weighted by Gasteiger charge is -2.23. The lowest BCUT2D eigenvalue weighted by molar-refractivity contribution is 0.429. The molecule has 0 aliphatic carbocycles. The van der Waals surface area contributed by atoms with Crippen LogP contribution in [0.15, 0.2) is 54.6 Å². The minimum Gasteiger partial charge on any atom is -0.307 e. The van der Waals surface area contributed by atoms with Gasteiger partial charge in [0.25, 0.3) is 0 Å². The maximum absolute atomic E-state index is 13.9. The normalized spacial score (nSPS) is 13.9. The number of rotatable bonds is 6. The van der Waals surface area contributed by atoms with E-state index in [1.165, 1.54) is 11.6 Å². The fourth-order valence-electron chi connectivity index (χ4n) is 2.56. The topological polar surface area (TPSA) is 12.0 Å². The monoisotopic (exact) mass is 271 g/mol. The first-order chi connectivity index (χ1) is 9.70. The molecule has 0 amide bonds. The van der Waals surface area contributed by atoms with Crippen LogP contribution >= 0.6 is 0 Å². The van der Waals surface area contributed by atoms with Gasteiger partial charge in [0, 0.05) is 17.6 Å². The molecular formula is C18H22FN. The summed E-state index contributed by atoms with van der Waals surface area (Å²) >= 11 is 0. The molecule has 2 atom stereocenters. The highest BCUT2D eigenvalue weighted by Gasteiger charge is 2.15. The fourth-order valence-corrected chi connectivity index (χ4v) is 2.56. The van der Waals surface area contributed by atoms with Crippen LogP contribution in [0.3, 0.4) is 0 Å². The Labute approximate surface area is 120 Å². The van der Waals surface area contributed by atoms with Crippen LogP contribution in [-0.4, -0.2) is 6.04 Å². The van der Waals surface area contributed by atoms with Crippen LogP contribution in [-0.2, 0) is 6.42 Å². The van der Waals surface area contributed by atoms with Gasteiger partial charge < -0.3 is 5.32 Å². The van der Waals surface area contributed by atoms with Crippen LogP contribution in [0.25, 0.3) is 0 Å². The van der Waals surface area contributed by atoms with E-state index >= 15 is 0 Å². The summed E-state index contributed by atoms with van der Waals surface area (Å²) in [5.74, 6) is -0.126. The van der Waals surface area contributed by atoms with Crippen molar-refractivity contribution in [1.82, 2.24) is 5.32 Å². The van der Waals surface area contributed by atoms with E-state index in [0.717, 1.165) is 18.4 Å². The molecule has 106 valence electrons. The van der Waals surface area contributed by atoms with Gasteiger partial charge in [-0.2, -0.15) is 0 Å².